The Bertz CT molecular complexity index is 1080. The number of methoxy groups -OCH3 is 1. The topological polar surface area (TPSA) is 30.5 Å². The van der Waals surface area contributed by atoms with Gasteiger partial charge in [0.15, 0.2) is 0 Å². The SMILES string of the molecule is COCCCc1ccccc1CC1(CO[C@H]2CNCC[C@@H]2c2cccc(-c3ccccc3)c2)CC1. The Labute approximate surface area is 210 Å². The summed E-state index contributed by atoms with van der Waals surface area (Å²) in [6.45, 7) is 3.68. The molecule has 0 aromatic heterocycles. The van der Waals surface area contributed by atoms with Crippen molar-refractivity contribution in [1.29, 1.82) is 0 Å². The van der Waals surface area contributed by atoms with Crippen LogP contribution in [0.1, 0.15) is 48.3 Å². The van der Waals surface area contributed by atoms with Crippen molar-refractivity contribution in [3.05, 3.63) is 95.6 Å². The van der Waals surface area contributed by atoms with E-state index in [9.17, 15) is 0 Å². The second-order valence-corrected chi connectivity index (χ2v) is 10.5. The monoisotopic (exact) mass is 469 g/mol. The largest absolute Gasteiger partial charge is 0.385 e. The highest BCUT2D eigenvalue weighted by atomic mass is 16.5. The zero-order valence-corrected chi connectivity index (χ0v) is 21.0. The fraction of sp³-hybridized carbons (Fsp3) is 0.438. The van der Waals surface area contributed by atoms with Crippen LogP contribution in [0.5, 0.6) is 0 Å². The van der Waals surface area contributed by atoms with Gasteiger partial charge in [0.25, 0.3) is 0 Å². The van der Waals surface area contributed by atoms with Gasteiger partial charge in [-0.05, 0) is 78.3 Å². The molecule has 2 fully saturated rings. The van der Waals surface area contributed by atoms with Crippen LogP contribution in [-0.4, -0.2) is 39.5 Å². The number of hydrogen-bond donors (Lipinski definition) is 1. The Balaban J connectivity index is 1.25. The molecule has 0 bridgehead atoms. The Kier molecular flexibility index (Phi) is 7.98. The van der Waals surface area contributed by atoms with Crippen LogP contribution in [0, 0.1) is 5.41 Å². The summed E-state index contributed by atoms with van der Waals surface area (Å²) < 4.78 is 12.0. The molecule has 35 heavy (non-hydrogen) atoms. The van der Waals surface area contributed by atoms with E-state index in [0.29, 0.717) is 11.3 Å². The van der Waals surface area contributed by atoms with Gasteiger partial charge in [0.1, 0.15) is 0 Å². The maximum Gasteiger partial charge on any atom is 0.0768 e. The van der Waals surface area contributed by atoms with E-state index in [1.54, 1.807) is 7.11 Å². The van der Waals surface area contributed by atoms with E-state index >= 15 is 0 Å². The summed E-state index contributed by atoms with van der Waals surface area (Å²) in [4.78, 5) is 0. The third-order valence-electron chi connectivity index (χ3n) is 7.89. The van der Waals surface area contributed by atoms with Crippen molar-refractivity contribution >= 4 is 0 Å². The molecule has 1 saturated carbocycles. The van der Waals surface area contributed by atoms with Crippen LogP contribution in [-0.2, 0) is 22.3 Å². The first-order chi connectivity index (χ1) is 17.3. The Morgan fingerprint density at radius 2 is 1.66 bits per heavy atom. The molecule has 1 aliphatic heterocycles. The molecule has 3 aromatic carbocycles. The number of aryl methyl sites for hydroxylation is 1. The highest BCUT2D eigenvalue weighted by molar-refractivity contribution is 5.64. The van der Waals surface area contributed by atoms with Crippen molar-refractivity contribution in [2.75, 3.05) is 33.4 Å². The molecule has 2 aliphatic rings. The molecular weight excluding hydrogens is 430 g/mol. The van der Waals surface area contributed by atoms with E-state index < -0.39 is 0 Å². The van der Waals surface area contributed by atoms with Gasteiger partial charge >= 0.3 is 0 Å². The van der Waals surface area contributed by atoms with Crippen molar-refractivity contribution in [2.45, 2.75) is 50.5 Å². The fourth-order valence-corrected chi connectivity index (χ4v) is 5.58. The first-order valence-corrected chi connectivity index (χ1v) is 13.3. The van der Waals surface area contributed by atoms with Crippen LogP contribution in [0.15, 0.2) is 78.9 Å². The molecule has 3 heteroatoms. The molecule has 3 nitrogen and oxygen atoms in total. The maximum absolute atomic E-state index is 6.75. The molecule has 1 heterocycles. The average Bonchev–Trinajstić information content (AvgIpc) is 3.69. The smallest absolute Gasteiger partial charge is 0.0768 e. The highest BCUT2D eigenvalue weighted by Crippen LogP contribution is 2.49. The summed E-state index contributed by atoms with van der Waals surface area (Å²) in [7, 11) is 1.79. The van der Waals surface area contributed by atoms with Crippen molar-refractivity contribution in [1.82, 2.24) is 5.32 Å². The van der Waals surface area contributed by atoms with Gasteiger partial charge in [0.2, 0.25) is 0 Å². The summed E-state index contributed by atoms with van der Waals surface area (Å²) >= 11 is 0. The zero-order valence-electron chi connectivity index (χ0n) is 21.0. The molecular formula is C32H39NO2. The van der Waals surface area contributed by atoms with Gasteiger partial charge in [-0.25, -0.2) is 0 Å². The van der Waals surface area contributed by atoms with E-state index in [1.807, 2.05) is 0 Å². The number of hydrogen-bond acceptors (Lipinski definition) is 3. The summed E-state index contributed by atoms with van der Waals surface area (Å²) in [5, 5.41) is 3.59. The van der Waals surface area contributed by atoms with Crippen LogP contribution in [0.3, 0.4) is 0 Å². The minimum absolute atomic E-state index is 0.226. The number of ether oxygens (including phenoxy) is 2. The lowest BCUT2D eigenvalue weighted by Gasteiger charge is -2.34. The Morgan fingerprint density at radius 1 is 0.886 bits per heavy atom. The van der Waals surface area contributed by atoms with Gasteiger partial charge in [-0.15, -0.1) is 0 Å². The normalized spacial score (nSPS) is 21.1. The standard InChI is InChI=1S/C32H39NO2/c1-34-20-8-15-26-11-5-6-12-29(26)22-32(17-18-32)24-35-31-23-33-19-16-30(31)28-14-7-13-27(21-28)25-9-3-2-4-10-25/h2-7,9-14,21,30-31,33H,8,15-20,22-24H2,1H3/t30-,31+/m1/s1. The van der Waals surface area contributed by atoms with E-state index in [-0.39, 0.29) is 6.10 Å². The van der Waals surface area contributed by atoms with Crippen molar-refractivity contribution in [3.63, 3.8) is 0 Å². The van der Waals surface area contributed by atoms with E-state index in [2.05, 4.69) is 84.2 Å². The minimum Gasteiger partial charge on any atom is -0.385 e. The number of nitrogens with one attached hydrogen (secondary N) is 1. The fourth-order valence-electron chi connectivity index (χ4n) is 5.58. The average molecular weight is 470 g/mol. The van der Waals surface area contributed by atoms with Gasteiger partial charge in [0.05, 0.1) is 12.7 Å². The molecule has 1 aliphatic carbocycles. The van der Waals surface area contributed by atoms with Crippen LogP contribution in [0.25, 0.3) is 11.1 Å². The lowest BCUT2D eigenvalue weighted by atomic mass is 9.86. The quantitative estimate of drug-likeness (QED) is 0.329. The van der Waals surface area contributed by atoms with Gasteiger partial charge < -0.3 is 14.8 Å². The molecule has 0 amide bonds. The number of benzene rings is 3. The molecule has 5 rings (SSSR count). The third kappa shape index (κ3) is 6.22. The predicted molar refractivity (Wildman–Crippen MR) is 144 cm³/mol. The van der Waals surface area contributed by atoms with Crippen molar-refractivity contribution in [2.24, 2.45) is 5.41 Å². The van der Waals surface area contributed by atoms with Gasteiger partial charge in [0, 0.05) is 26.2 Å². The Morgan fingerprint density at radius 3 is 2.46 bits per heavy atom. The third-order valence-corrected chi connectivity index (χ3v) is 7.89. The lowest BCUT2D eigenvalue weighted by molar-refractivity contribution is -0.00357. The summed E-state index contributed by atoms with van der Waals surface area (Å²) in [6, 6.07) is 28.8. The van der Waals surface area contributed by atoms with Crippen LogP contribution < -0.4 is 5.32 Å². The highest BCUT2D eigenvalue weighted by Gasteiger charge is 2.44. The second kappa shape index (κ2) is 11.5. The van der Waals surface area contributed by atoms with Gasteiger partial charge in [-0.3, -0.25) is 0 Å². The van der Waals surface area contributed by atoms with Crippen molar-refractivity contribution < 1.29 is 9.47 Å². The molecule has 1 saturated heterocycles. The number of rotatable bonds is 11. The first kappa shape index (κ1) is 24.2. The maximum atomic E-state index is 6.75. The Hall–Kier alpha value is -2.46. The minimum atomic E-state index is 0.226. The molecule has 0 unspecified atom stereocenters. The van der Waals surface area contributed by atoms with Gasteiger partial charge in [-0.1, -0.05) is 78.9 Å². The van der Waals surface area contributed by atoms with Crippen LogP contribution in [0.2, 0.25) is 0 Å². The second-order valence-electron chi connectivity index (χ2n) is 10.5. The lowest BCUT2D eigenvalue weighted by Crippen LogP contribution is -2.42. The molecule has 3 aromatic rings. The van der Waals surface area contributed by atoms with Crippen LogP contribution in [0.4, 0.5) is 0 Å². The summed E-state index contributed by atoms with van der Waals surface area (Å²) in [5.41, 5.74) is 7.27. The molecule has 2 atom stereocenters. The molecule has 0 spiro atoms. The van der Waals surface area contributed by atoms with E-state index in [1.165, 1.54) is 40.7 Å². The summed E-state index contributed by atoms with van der Waals surface area (Å²) in [6.07, 6.45) is 7.19. The van der Waals surface area contributed by atoms with Gasteiger partial charge in [-0.2, -0.15) is 0 Å². The van der Waals surface area contributed by atoms with E-state index in [0.717, 1.165) is 52.0 Å². The number of piperidine rings is 1. The molecule has 184 valence electrons. The van der Waals surface area contributed by atoms with E-state index in [4.69, 9.17) is 9.47 Å². The molecule has 0 radical (unpaired) electrons. The first-order valence-electron chi connectivity index (χ1n) is 13.3. The van der Waals surface area contributed by atoms with Crippen molar-refractivity contribution in [3.8, 4) is 11.1 Å². The zero-order chi connectivity index (χ0) is 23.9. The molecule has 1 N–H and O–H groups in total. The summed E-state index contributed by atoms with van der Waals surface area (Å²) in [5.74, 6) is 0.442. The van der Waals surface area contributed by atoms with Crippen LogP contribution >= 0.6 is 0 Å². The predicted octanol–water partition coefficient (Wildman–Crippen LogP) is 6.42.